The average Bonchev–Trinajstić information content (AvgIpc) is 3.01. The van der Waals surface area contributed by atoms with Crippen LogP contribution in [0.15, 0.2) is 17.5 Å². The van der Waals surface area contributed by atoms with Crippen LogP contribution in [0.1, 0.15) is 44.5 Å². The summed E-state index contributed by atoms with van der Waals surface area (Å²) in [5.41, 5.74) is 5.33. The molecule has 1 fully saturated rings. The molecular formula is C17H29N3O2S. The second kappa shape index (κ2) is 8.24. The first-order valence-electron chi connectivity index (χ1n) is 8.40. The number of morpholine rings is 1. The standard InChI is InChI=1S/C17H29N3O2S/c1-4-7-17(3,18)16(21)19-11-14(15-6-5-10-23-15)20-8-9-22-13(2)12-20/h5-6,10,13-14H,4,7-9,11-12,18H2,1-3H3,(H,19,21). The van der Waals surface area contributed by atoms with Crippen molar-refractivity contribution in [2.45, 2.75) is 51.3 Å². The van der Waals surface area contributed by atoms with E-state index in [-0.39, 0.29) is 18.1 Å². The lowest BCUT2D eigenvalue weighted by Gasteiger charge is -2.37. The van der Waals surface area contributed by atoms with Gasteiger partial charge in [0.25, 0.3) is 0 Å². The van der Waals surface area contributed by atoms with Crippen molar-refractivity contribution in [3.05, 3.63) is 22.4 Å². The van der Waals surface area contributed by atoms with Gasteiger partial charge in [-0.05, 0) is 31.7 Å². The highest BCUT2D eigenvalue weighted by Gasteiger charge is 2.30. The SMILES string of the molecule is CCCC(C)(N)C(=O)NCC(c1cccs1)N1CCOC(C)C1. The first-order valence-corrected chi connectivity index (χ1v) is 9.28. The van der Waals surface area contributed by atoms with E-state index in [1.54, 1.807) is 11.3 Å². The third-order valence-corrected chi connectivity index (χ3v) is 5.30. The van der Waals surface area contributed by atoms with Crippen molar-refractivity contribution < 1.29 is 9.53 Å². The summed E-state index contributed by atoms with van der Waals surface area (Å²) in [5, 5.41) is 5.15. The normalized spacial score (nSPS) is 23.2. The Morgan fingerprint density at radius 1 is 1.65 bits per heavy atom. The van der Waals surface area contributed by atoms with E-state index in [9.17, 15) is 4.79 Å². The molecule has 23 heavy (non-hydrogen) atoms. The maximum Gasteiger partial charge on any atom is 0.239 e. The smallest absolute Gasteiger partial charge is 0.239 e. The maximum absolute atomic E-state index is 12.4. The molecule has 1 aliphatic rings. The molecule has 1 aliphatic heterocycles. The third kappa shape index (κ3) is 5.01. The maximum atomic E-state index is 12.4. The van der Waals surface area contributed by atoms with E-state index in [0.29, 0.717) is 13.0 Å². The van der Waals surface area contributed by atoms with E-state index in [4.69, 9.17) is 10.5 Å². The Hall–Kier alpha value is -0.950. The molecule has 3 atom stereocenters. The Balaban J connectivity index is 2.02. The van der Waals surface area contributed by atoms with E-state index in [2.05, 4.69) is 34.7 Å². The average molecular weight is 340 g/mol. The van der Waals surface area contributed by atoms with Crippen molar-refractivity contribution in [3.8, 4) is 0 Å². The van der Waals surface area contributed by atoms with Crippen LogP contribution >= 0.6 is 11.3 Å². The number of rotatable bonds is 7. The lowest BCUT2D eigenvalue weighted by Crippen LogP contribution is -2.54. The summed E-state index contributed by atoms with van der Waals surface area (Å²) in [7, 11) is 0. The summed E-state index contributed by atoms with van der Waals surface area (Å²) in [4.78, 5) is 16.1. The molecule has 0 saturated carbocycles. The Morgan fingerprint density at radius 3 is 3.04 bits per heavy atom. The van der Waals surface area contributed by atoms with Crippen LogP contribution in [-0.4, -0.2) is 48.7 Å². The van der Waals surface area contributed by atoms with Gasteiger partial charge in [0.1, 0.15) is 0 Å². The molecule has 0 aromatic carbocycles. The number of carbonyl (C=O) groups is 1. The van der Waals surface area contributed by atoms with Gasteiger partial charge in [0.05, 0.1) is 24.3 Å². The molecule has 0 spiro atoms. The van der Waals surface area contributed by atoms with Crippen LogP contribution in [0.25, 0.3) is 0 Å². The van der Waals surface area contributed by atoms with Crippen LogP contribution in [0.3, 0.4) is 0 Å². The Bertz CT molecular complexity index is 490. The molecule has 3 N–H and O–H groups in total. The number of amides is 1. The van der Waals surface area contributed by atoms with Crippen molar-refractivity contribution in [1.82, 2.24) is 10.2 Å². The molecule has 1 saturated heterocycles. The van der Waals surface area contributed by atoms with Crippen LogP contribution in [-0.2, 0) is 9.53 Å². The monoisotopic (exact) mass is 339 g/mol. The number of ether oxygens (including phenoxy) is 1. The summed E-state index contributed by atoms with van der Waals surface area (Å²) in [6, 6.07) is 4.38. The minimum Gasteiger partial charge on any atom is -0.376 e. The van der Waals surface area contributed by atoms with Gasteiger partial charge in [-0.25, -0.2) is 0 Å². The van der Waals surface area contributed by atoms with Gasteiger partial charge in [0.15, 0.2) is 0 Å². The number of hydrogen-bond acceptors (Lipinski definition) is 5. The summed E-state index contributed by atoms with van der Waals surface area (Å²) in [6.45, 7) is 9.04. The fraction of sp³-hybridized carbons (Fsp3) is 0.706. The molecule has 2 rings (SSSR count). The fourth-order valence-electron chi connectivity index (χ4n) is 3.04. The Morgan fingerprint density at radius 2 is 2.43 bits per heavy atom. The molecule has 1 amide bonds. The topological polar surface area (TPSA) is 67.6 Å². The van der Waals surface area contributed by atoms with Gasteiger partial charge in [-0.15, -0.1) is 11.3 Å². The van der Waals surface area contributed by atoms with E-state index in [1.807, 2.05) is 13.8 Å². The highest BCUT2D eigenvalue weighted by molar-refractivity contribution is 7.10. The number of hydrogen-bond donors (Lipinski definition) is 2. The zero-order chi connectivity index (χ0) is 16.9. The number of nitrogens with one attached hydrogen (secondary N) is 1. The van der Waals surface area contributed by atoms with Gasteiger partial charge in [0.2, 0.25) is 5.91 Å². The second-order valence-electron chi connectivity index (χ2n) is 6.59. The minimum absolute atomic E-state index is 0.0674. The number of carbonyl (C=O) groups excluding carboxylic acids is 1. The van der Waals surface area contributed by atoms with E-state index in [0.717, 1.165) is 26.1 Å². The predicted octanol–water partition coefficient (Wildman–Crippen LogP) is 2.14. The predicted molar refractivity (Wildman–Crippen MR) is 94.6 cm³/mol. The second-order valence-corrected chi connectivity index (χ2v) is 7.56. The quantitative estimate of drug-likeness (QED) is 0.799. The van der Waals surface area contributed by atoms with Crippen LogP contribution in [0.2, 0.25) is 0 Å². The van der Waals surface area contributed by atoms with Gasteiger partial charge >= 0.3 is 0 Å². The van der Waals surface area contributed by atoms with Crippen molar-refractivity contribution in [2.75, 3.05) is 26.2 Å². The van der Waals surface area contributed by atoms with Gasteiger partial charge in [-0.3, -0.25) is 9.69 Å². The van der Waals surface area contributed by atoms with E-state index >= 15 is 0 Å². The lowest BCUT2D eigenvalue weighted by atomic mass is 9.96. The summed E-state index contributed by atoms with van der Waals surface area (Å²) in [6.07, 6.45) is 1.81. The molecule has 0 radical (unpaired) electrons. The Kier molecular flexibility index (Phi) is 6.59. The molecule has 0 aliphatic carbocycles. The van der Waals surface area contributed by atoms with Crippen molar-refractivity contribution in [3.63, 3.8) is 0 Å². The molecule has 6 heteroatoms. The van der Waals surface area contributed by atoms with Gasteiger partial charge in [-0.2, -0.15) is 0 Å². The van der Waals surface area contributed by atoms with Crippen LogP contribution in [0, 0.1) is 0 Å². The zero-order valence-electron chi connectivity index (χ0n) is 14.4. The largest absolute Gasteiger partial charge is 0.376 e. The highest BCUT2D eigenvalue weighted by atomic mass is 32.1. The molecule has 1 aromatic heterocycles. The van der Waals surface area contributed by atoms with Gasteiger partial charge in [0, 0.05) is 24.5 Å². The molecule has 0 bridgehead atoms. The van der Waals surface area contributed by atoms with Crippen LogP contribution in [0.4, 0.5) is 0 Å². The van der Waals surface area contributed by atoms with Gasteiger partial charge < -0.3 is 15.8 Å². The van der Waals surface area contributed by atoms with Crippen LogP contribution in [0.5, 0.6) is 0 Å². The first-order chi connectivity index (χ1) is 10.9. The summed E-state index contributed by atoms with van der Waals surface area (Å²) >= 11 is 1.73. The first kappa shape index (κ1) is 18.4. The van der Waals surface area contributed by atoms with Crippen LogP contribution < -0.4 is 11.1 Å². The van der Waals surface area contributed by atoms with Crippen molar-refractivity contribution >= 4 is 17.2 Å². The Labute approximate surface area is 143 Å². The number of thiophene rings is 1. The molecular weight excluding hydrogens is 310 g/mol. The molecule has 5 nitrogen and oxygen atoms in total. The van der Waals surface area contributed by atoms with Crippen molar-refractivity contribution in [2.24, 2.45) is 5.73 Å². The summed E-state index contributed by atoms with van der Waals surface area (Å²) in [5.74, 6) is -0.0674. The fourth-order valence-corrected chi connectivity index (χ4v) is 3.90. The van der Waals surface area contributed by atoms with E-state index < -0.39 is 5.54 Å². The zero-order valence-corrected chi connectivity index (χ0v) is 15.2. The molecule has 1 aromatic rings. The number of nitrogens with two attached hydrogens (primary N) is 1. The highest BCUT2D eigenvalue weighted by Crippen LogP contribution is 2.26. The van der Waals surface area contributed by atoms with Crippen molar-refractivity contribution in [1.29, 1.82) is 0 Å². The van der Waals surface area contributed by atoms with Gasteiger partial charge in [-0.1, -0.05) is 19.4 Å². The third-order valence-electron chi connectivity index (χ3n) is 4.33. The summed E-state index contributed by atoms with van der Waals surface area (Å²) < 4.78 is 5.64. The molecule has 3 unspecified atom stereocenters. The molecule has 130 valence electrons. The molecule has 2 heterocycles. The van der Waals surface area contributed by atoms with E-state index in [1.165, 1.54) is 4.88 Å². The lowest BCUT2D eigenvalue weighted by molar-refractivity contribution is -0.126. The number of nitrogens with zero attached hydrogens (tertiary/aromatic N) is 1. The minimum atomic E-state index is -0.799.